The third-order valence-electron chi connectivity index (χ3n) is 6.78. The zero-order valence-corrected chi connectivity index (χ0v) is 22.4. The van der Waals surface area contributed by atoms with Crippen LogP contribution >= 0.6 is 26.3 Å². The van der Waals surface area contributed by atoms with Crippen LogP contribution in [-0.4, -0.2) is 6.16 Å². The Bertz CT molecular complexity index is 808. The molecule has 3 aromatic carbocycles. The Morgan fingerprint density at radius 2 is 1.03 bits per heavy atom. The summed E-state index contributed by atoms with van der Waals surface area (Å²) in [6.07, 6.45) is 7.84. The van der Waals surface area contributed by atoms with Gasteiger partial charge in [0.25, 0.3) is 0 Å². The molecule has 2 atom stereocenters. The van der Waals surface area contributed by atoms with Gasteiger partial charge in [0.05, 0.1) is 0 Å². The first-order chi connectivity index (χ1) is 15.0. The second kappa shape index (κ2) is 11.1. The summed E-state index contributed by atoms with van der Waals surface area (Å²) in [5, 5.41) is 4.49. The molecule has 0 N–H and O–H groups in total. The van der Waals surface area contributed by atoms with Gasteiger partial charge in [0.15, 0.2) is 0 Å². The molecule has 0 amide bonds. The van der Waals surface area contributed by atoms with Crippen LogP contribution in [0.2, 0.25) is 0 Å². The first-order valence-electron chi connectivity index (χ1n) is 11.9. The summed E-state index contributed by atoms with van der Waals surface area (Å²) in [5.41, 5.74) is 0. The Morgan fingerprint density at radius 3 is 1.42 bits per heavy atom. The maximum atomic E-state index is 2.93. The van der Waals surface area contributed by atoms with Crippen molar-refractivity contribution in [3.05, 3.63) is 91.0 Å². The van der Waals surface area contributed by atoms with E-state index in [1.165, 1.54) is 54.2 Å². The zero-order valence-electron chi connectivity index (χ0n) is 19.4. The normalized spacial score (nSPS) is 15.0. The number of rotatable bonds is 11. The zero-order chi connectivity index (χ0) is 22.2. The van der Waals surface area contributed by atoms with Gasteiger partial charge < -0.3 is 0 Å². The van der Waals surface area contributed by atoms with E-state index in [4.69, 9.17) is 0 Å². The van der Waals surface area contributed by atoms with Gasteiger partial charge in [-0.3, -0.25) is 0 Å². The molecule has 0 radical (unpaired) electrons. The van der Waals surface area contributed by atoms with Crippen LogP contribution in [0.25, 0.3) is 0 Å². The minimum absolute atomic E-state index is 0.735. The fraction of sp³-hybridized carbons (Fsp3) is 0.379. The predicted molar refractivity (Wildman–Crippen MR) is 151 cm³/mol. The molecule has 0 saturated heterocycles. The summed E-state index contributed by atoms with van der Waals surface area (Å²) in [6.45, 7) is 7.22. The standard InChI is InChI=1S/C29H38IP/c1-4-5-15-25(2)24-26(3)22-23-31(30,27-16-9-6-10-17-27,28-18-11-7-12-19-28)29-20-13-8-14-21-29/h6-14,16-21,25-26H,4-5,15,22-24H2,1-3H3/t25-,26+/m0/s1. The van der Waals surface area contributed by atoms with Crippen molar-refractivity contribution in [2.45, 2.75) is 52.9 Å². The van der Waals surface area contributed by atoms with Gasteiger partial charge in [-0.25, -0.2) is 0 Å². The summed E-state index contributed by atoms with van der Waals surface area (Å²) in [7, 11) is 0. The van der Waals surface area contributed by atoms with E-state index >= 15 is 0 Å². The van der Waals surface area contributed by atoms with Gasteiger partial charge in [0.1, 0.15) is 0 Å². The Labute approximate surface area is 203 Å². The third-order valence-corrected chi connectivity index (χ3v) is 18.5. The monoisotopic (exact) mass is 544 g/mol. The summed E-state index contributed by atoms with van der Waals surface area (Å²) >= 11 is 2.93. The van der Waals surface area contributed by atoms with Gasteiger partial charge in [0.2, 0.25) is 0 Å². The summed E-state index contributed by atoms with van der Waals surface area (Å²) in [6, 6.07) is 34.0. The molecular formula is C29H38IP. The van der Waals surface area contributed by atoms with Gasteiger partial charge in [-0.15, -0.1) is 0 Å². The van der Waals surface area contributed by atoms with Crippen LogP contribution in [0.3, 0.4) is 0 Å². The molecule has 0 heterocycles. The Kier molecular flexibility index (Phi) is 8.76. The number of halogens is 1. The minimum atomic E-state index is -2.61. The Morgan fingerprint density at radius 1 is 0.645 bits per heavy atom. The quantitative estimate of drug-likeness (QED) is 0.169. The molecule has 0 aliphatic rings. The molecule has 2 heteroatoms. The Hall–Kier alpha value is -1.18. The van der Waals surface area contributed by atoms with Gasteiger partial charge in [0, 0.05) is 0 Å². The van der Waals surface area contributed by atoms with E-state index in [-0.39, 0.29) is 0 Å². The van der Waals surface area contributed by atoms with Gasteiger partial charge >= 0.3 is 204 Å². The summed E-state index contributed by atoms with van der Waals surface area (Å²) in [5.74, 6) is 1.56. The molecule has 0 spiro atoms. The molecule has 3 rings (SSSR count). The molecule has 166 valence electrons. The molecule has 0 aromatic heterocycles. The molecular weight excluding hydrogens is 506 g/mol. The molecule has 0 aliphatic heterocycles. The molecule has 0 aliphatic carbocycles. The maximum absolute atomic E-state index is 2.93. The first kappa shape index (κ1) is 24.5. The SMILES string of the molecule is CCCC[C@H](C)C[C@H](C)CCP(I)(c1ccccc1)(c1ccccc1)c1ccccc1. The average molecular weight is 545 g/mol. The molecule has 0 bridgehead atoms. The topological polar surface area (TPSA) is 0 Å². The van der Waals surface area contributed by atoms with Gasteiger partial charge in [-0.1, -0.05) is 0 Å². The predicted octanol–water partition coefficient (Wildman–Crippen LogP) is 8.11. The van der Waals surface area contributed by atoms with Crippen molar-refractivity contribution < 1.29 is 0 Å². The second-order valence-corrected chi connectivity index (χ2v) is 20.0. The van der Waals surface area contributed by atoms with Crippen LogP contribution in [0.4, 0.5) is 0 Å². The van der Waals surface area contributed by atoms with E-state index in [2.05, 4.69) is 134 Å². The average Bonchev–Trinajstić information content (AvgIpc) is 2.83. The fourth-order valence-electron chi connectivity index (χ4n) is 4.99. The molecule has 0 nitrogen and oxygen atoms in total. The van der Waals surface area contributed by atoms with Crippen LogP contribution in [0.1, 0.15) is 52.9 Å². The summed E-state index contributed by atoms with van der Waals surface area (Å²) < 4.78 is -2.61. The van der Waals surface area contributed by atoms with Crippen molar-refractivity contribution in [1.82, 2.24) is 0 Å². The van der Waals surface area contributed by atoms with Crippen molar-refractivity contribution in [1.29, 1.82) is 0 Å². The molecule has 0 unspecified atom stereocenters. The molecule has 31 heavy (non-hydrogen) atoms. The van der Waals surface area contributed by atoms with Crippen LogP contribution in [0.5, 0.6) is 0 Å². The molecule has 0 fully saturated rings. The van der Waals surface area contributed by atoms with E-state index in [9.17, 15) is 0 Å². The summed E-state index contributed by atoms with van der Waals surface area (Å²) in [4.78, 5) is 0. The van der Waals surface area contributed by atoms with Crippen LogP contribution < -0.4 is 15.9 Å². The number of hydrogen-bond donors (Lipinski definition) is 0. The first-order valence-corrected chi connectivity index (χ1v) is 17.1. The van der Waals surface area contributed by atoms with Crippen molar-refractivity contribution in [2.75, 3.05) is 6.16 Å². The number of benzene rings is 3. The van der Waals surface area contributed by atoms with Crippen LogP contribution in [0.15, 0.2) is 91.0 Å². The van der Waals surface area contributed by atoms with Crippen molar-refractivity contribution in [3.8, 4) is 0 Å². The van der Waals surface area contributed by atoms with Crippen LogP contribution in [0, 0.1) is 11.8 Å². The number of unbranched alkanes of at least 4 members (excludes halogenated alkanes) is 1. The molecule has 0 saturated carbocycles. The Balaban J connectivity index is 2.04. The second-order valence-electron chi connectivity index (χ2n) is 9.29. The number of hydrogen-bond acceptors (Lipinski definition) is 0. The molecule has 3 aromatic rings. The van der Waals surface area contributed by atoms with E-state index < -0.39 is 4.25 Å². The van der Waals surface area contributed by atoms with Crippen molar-refractivity contribution in [2.24, 2.45) is 11.8 Å². The van der Waals surface area contributed by atoms with E-state index in [1.54, 1.807) is 0 Å². The van der Waals surface area contributed by atoms with Gasteiger partial charge in [-0.05, 0) is 0 Å². The third kappa shape index (κ3) is 5.42. The van der Waals surface area contributed by atoms with Crippen molar-refractivity contribution in [3.63, 3.8) is 0 Å². The van der Waals surface area contributed by atoms with Crippen molar-refractivity contribution >= 4 is 42.2 Å². The van der Waals surface area contributed by atoms with Gasteiger partial charge in [-0.2, -0.15) is 0 Å². The van der Waals surface area contributed by atoms with Crippen LogP contribution in [-0.2, 0) is 0 Å². The van der Waals surface area contributed by atoms with E-state index in [0.717, 1.165) is 11.8 Å². The van der Waals surface area contributed by atoms with E-state index in [0.29, 0.717) is 0 Å². The fourth-order valence-corrected chi connectivity index (χ4v) is 13.7. The van der Waals surface area contributed by atoms with E-state index in [1.807, 2.05) is 0 Å².